The number of rotatable bonds is 6. The van der Waals surface area contributed by atoms with E-state index in [0.717, 1.165) is 5.56 Å². The Kier molecular flexibility index (Phi) is 6.17. The normalized spacial score (nSPS) is 10.4. The van der Waals surface area contributed by atoms with Crippen LogP contribution in [0.3, 0.4) is 0 Å². The molecule has 5 nitrogen and oxygen atoms in total. The highest BCUT2D eigenvalue weighted by atomic mass is 16.5. The number of amides is 1. The SMILES string of the molecule is COC(=O)c1cccc(C)c1NC(=O)COc1ccc(C(C)C)cc1. The van der Waals surface area contributed by atoms with Gasteiger partial charge in [0, 0.05) is 0 Å². The number of aryl methyl sites for hydroxylation is 1. The molecule has 0 aliphatic heterocycles. The minimum Gasteiger partial charge on any atom is -0.484 e. The second-order valence-corrected chi connectivity index (χ2v) is 6.05. The maximum absolute atomic E-state index is 12.2. The molecule has 0 spiro atoms. The minimum absolute atomic E-state index is 0.143. The summed E-state index contributed by atoms with van der Waals surface area (Å²) in [5.74, 6) is 0.226. The van der Waals surface area contributed by atoms with Crippen LogP contribution in [0, 0.1) is 6.92 Å². The Morgan fingerprint density at radius 2 is 1.76 bits per heavy atom. The van der Waals surface area contributed by atoms with Gasteiger partial charge in [0.05, 0.1) is 18.4 Å². The first-order valence-electron chi connectivity index (χ1n) is 8.13. The predicted octanol–water partition coefficient (Wildman–Crippen LogP) is 3.92. The number of benzene rings is 2. The molecule has 0 saturated carbocycles. The summed E-state index contributed by atoms with van der Waals surface area (Å²) in [6.07, 6.45) is 0. The molecule has 0 fully saturated rings. The number of methoxy groups -OCH3 is 1. The molecule has 1 N–H and O–H groups in total. The molecule has 132 valence electrons. The third-order valence-electron chi connectivity index (χ3n) is 3.86. The van der Waals surface area contributed by atoms with Crippen molar-refractivity contribution in [2.24, 2.45) is 0 Å². The van der Waals surface area contributed by atoms with Crippen molar-refractivity contribution in [3.63, 3.8) is 0 Å². The fraction of sp³-hybridized carbons (Fsp3) is 0.300. The van der Waals surface area contributed by atoms with Gasteiger partial charge >= 0.3 is 5.97 Å². The number of carbonyl (C=O) groups is 2. The first kappa shape index (κ1) is 18.5. The number of nitrogens with one attached hydrogen (secondary N) is 1. The lowest BCUT2D eigenvalue weighted by Gasteiger charge is -2.13. The van der Waals surface area contributed by atoms with Crippen molar-refractivity contribution in [1.29, 1.82) is 0 Å². The van der Waals surface area contributed by atoms with Gasteiger partial charge in [-0.1, -0.05) is 38.1 Å². The number of para-hydroxylation sites is 1. The van der Waals surface area contributed by atoms with Gasteiger partial charge in [-0.05, 0) is 42.2 Å². The number of carbonyl (C=O) groups excluding carboxylic acids is 2. The van der Waals surface area contributed by atoms with Crippen molar-refractivity contribution in [1.82, 2.24) is 0 Å². The van der Waals surface area contributed by atoms with Crippen LogP contribution >= 0.6 is 0 Å². The van der Waals surface area contributed by atoms with E-state index in [4.69, 9.17) is 9.47 Å². The topological polar surface area (TPSA) is 64.6 Å². The maximum atomic E-state index is 12.2. The highest BCUT2D eigenvalue weighted by Gasteiger charge is 2.16. The lowest BCUT2D eigenvalue weighted by atomic mass is 10.0. The van der Waals surface area contributed by atoms with E-state index in [0.29, 0.717) is 22.9 Å². The maximum Gasteiger partial charge on any atom is 0.339 e. The largest absolute Gasteiger partial charge is 0.484 e. The standard InChI is InChI=1S/C20H23NO4/c1-13(2)15-8-10-16(11-9-15)25-12-18(22)21-19-14(3)6-5-7-17(19)20(23)24-4/h5-11,13H,12H2,1-4H3,(H,21,22). The van der Waals surface area contributed by atoms with Gasteiger partial charge in [-0.15, -0.1) is 0 Å². The second kappa shape index (κ2) is 8.33. The van der Waals surface area contributed by atoms with Gasteiger partial charge in [-0.3, -0.25) is 4.79 Å². The van der Waals surface area contributed by atoms with Gasteiger partial charge in [0.2, 0.25) is 0 Å². The number of ether oxygens (including phenoxy) is 2. The molecular formula is C20H23NO4. The van der Waals surface area contributed by atoms with E-state index in [9.17, 15) is 9.59 Å². The number of anilines is 1. The van der Waals surface area contributed by atoms with Crippen LogP contribution in [-0.2, 0) is 9.53 Å². The fourth-order valence-corrected chi connectivity index (χ4v) is 2.39. The summed E-state index contributed by atoms with van der Waals surface area (Å²) in [7, 11) is 1.31. The van der Waals surface area contributed by atoms with Crippen molar-refractivity contribution < 1.29 is 19.1 Å². The van der Waals surface area contributed by atoms with E-state index in [1.54, 1.807) is 12.1 Å². The van der Waals surface area contributed by atoms with Crippen LogP contribution in [0.1, 0.15) is 41.3 Å². The monoisotopic (exact) mass is 341 g/mol. The molecule has 1 amide bonds. The lowest BCUT2D eigenvalue weighted by molar-refractivity contribution is -0.118. The first-order chi connectivity index (χ1) is 11.9. The zero-order valence-corrected chi connectivity index (χ0v) is 15.0. The van der Waals surface area contributed by atoms with Crippen molar-refractivity contribution in [2.75, 3.05) is 19.0 Å². The van der Waals surface area contributed by atoms with Gasteiger partial charge < -0.3 is 14.8 Å². The number of hydrogen-bond acceptors (Lipinski definition) is 4. The number of esters is 1. The summed E-state index contributed by atoms with van der Waals surface area (Å²) in [6, 6.07) is 12.8. The molecule has 0 radical (unpaired) electrons. The Hall–Kier alpha value is -2.82. The Labute approximate surface area is 148 Å². The number of hydrogen-bond donors (Lipinski definition) is 1. The summed E-state index contributed by atoms with van der Waals surface area (Å²) in [4.78, 5) is 24.0. The molecule has 25 heavy (non-hydrogen) atoms. The molecule has 0 aliphatic rings. The predicted molar refractivity (Wildman–Crippen MR) is 97.2 cm³/mol. The average Bonchev–Trinajstić information content (AvgIpc) is 2.61. The Morgan fingerprint density at radius 1 is 1.08 bits per heavy atom. The average molecular weight is 341 g/mol. The highest BCUT2D eigenvalue weighted by molar-refractivity contribution is 6.02. The van der Waals surface area contributed by atoms with Crippen molar-refractivity contribution in [2.45, 2.75) is 26.7 Å². The quantitative estimate of drug-likeness (QED) is 0.809. The molecule has 0 atom stereocenters. The Balaban J connectivity index is 2.02. The molecule has 0 bridgehead atoms. The Bertz CT molecular complexity index is 751. The van der Waals surface area contributed by atoms with E-state index >= 15 is 0 Å². The van der Waals surface area contributed by atoms with Gasteiger partial charge in [0.1, 0.15) is 5.75 Å². The Morgan fingerprint density at radius 3 is 2.36 bits per heavy atom. The summed E-state index contributed by atoms with van der Waals surface area (Å²) in [5.41, 5.74) is 2.74. The third kappa shape index (κ3) is 4.83. The highest BCUT2D eigenvalue weighted by Crippen LogP contribution is 2.22. The van der Waals surface area contributed by atoms with Gasteiger partial charge in [-0.25, -0.2) is 4.79 Å². The zero-order chi connectivity index (χ0) is 18.4. The minimum atomic E-state index is -0.496. The van der Waals surface area contributed by atoms with Crippen LogP contribution in [0.5, 0.6) is 5.75 Å². The van der Waals surface area contributed by atoms with E-state index in [-0.39, 0.29) is 12.5 Å². The molecule has 2 aromatic rings. The van der Waals surface area contributed by atoms with Crippen LogP contribution in [0.15, 0.2) is 42.5 Å². The summed E-state index contributed by atoms with van der Waals surface area (Å²) in [5, 5.41) is 2.73. The van der Waals surface area contributed by atoms with Crippen molar-refractivity contribution >= 4 is 17.6 Å². The smallest absolute Gasteiger partial charge is 0.339 e. The molecule has 2 rings (SSSR count). The molecule has 0 aromatic heterocycles. The molecule has 5 heteroatoms. The van der Waals surface area contributed by atoms with E-state index in [1.807, 2.05) is 37.3 Å². The lowest BCUT2D eigenvalue weighted by Crippen LogP contribution is -2.22. The molecular weight excluding hydrogens is 318 g/mol. The van der Waals surface area contributed by atoms with Gasteiger partial charge in [-0.2, -0.15) is 0 Å². The fourth-order valence-electron chi connectivity index (χ4n) is 2.39. The summed E-state index contributed by atoms with van der Waals surface area (Å²) < 4.78 is 10.3. The van der Waals surface area contributed by atoms with Crippen LogP contribution in [0.4, 0.5) is 5.69 Å². The van der Waals surface area contributed by atoms with Crippen molar-refractivity contribution in [3.8, 4) is 5.75 Å². The van der Waals surface area contributed by atoms with Crippen LogP contribution < -0.4 is 10.1 Å². The van der Waals surface area contributed by atoms with Gasteiger partial charge in [0.15, 0.2) is 6.61 Å². The van der Waals surface area contributed by atoms with E-state index in [1.165, 1.54) is 12.7 Å². The van der Waals surface area contributed by atoms with Crippen LogP contribution in [-0.4, -0.2) is 25.6 Å². The zero-order valence-electron chi connectivity index (χ0n) is 15.0. The second-order valence-electron chi connectivity index (χ2n) is 6.05. The van der Waals surface area contributed by atoms with E-state index < -0.39 is 5.97 Å². The van der Waals surface area contributed by atoms with Crippen LogP contribution in [0.2, 0.25) is 0 Å². The van der Waals surface area contributed by atoms with Crippen molar-refractivity contribution in [3.05, 3.63) is 59.2 Å². The third-order valence-corrected chi connectivity index (χ3v) is 3.86. The molecule has 0 aliphatic carbocycles. The van der Waals surface area contributed by atoms with E-state index in [2.05, 4.69) is 19.2 Å². The molecule has 0 unspecified atom stereocenters. The molecule has 0 saturated heterocycles. The van der Waals surface area contributed by atoms with Gasteiger partial charge in [0.25, 0.3) is 5.91 Å². The molecule has 0 heterocycles. The molecule has 2 aromatic carbocycles. The van der Waals surface area contributed by atoms with Crippen LogP contribution in [0.25, 0.3) is 0 Å². The summed E-state index contributed by atoms with van der Waals surface area (Å²) in [6.45, 7) is 5.90. The first-order valence-corrected chi connectivity index (χ1v) is 8.13. The summed E-state index contributed by atoms with van der Waals surface area (Å²) >= 11 is 0.